The number of hydrogen-bond donors (Lipinski definition) is 3. The first-order valence-corrected chi connectivity index (χ1v) is 12.8. The van der Waals surface area contributed by atoms with E-state index in [-0.39, 0.29) is 12.6 Å². The minimum absolute atomic E-state index is 0.0169. The summed E-state index contributed by atoms with van der Waals surface area (Å²) in [6.07, 6.45) is 3.20. The number of halogens is 2. The molecule has 2 aromatic heterocycles. The molecule has 2 heterocycles. The molecule has 0 bridgehead atoms. The van der Waals surface area contributed by atoms with Crippen molar-refractivity contribution in [2.24, 2.45) is 5.10 Å². The fourth-order valence-corrected chi connectivity index (χ4v) is 3.80. The van der Waals surface area contributed by atoms with Gasteiger partial charge in [-0.05, 0) is 78.4 Å². The van der Waals surface area contributed by atoms with Gasteiger partial charge in [0.1, 0.15) is 29.7 Å². The van der Waals surface area contributed by atoms with Crippen LogP contribution in [0.1, 0.15) is 16.9 Å². The van der Waals surface area contributed by atoms with Crippen LogP contribution in [0.15, 0.2) is 94.6 Å². The maximum Gasteiger partial charge on any atom is 0.250 e. The minimum atomic E-state index is -0.410. The fourth-order valence-electron chi connectivity index (χ4n) is 3.58. The Hall–Kier alpha value is -5.16. The Labute approximate surface area is 240 Å². The lowest BCUT2D eigenvalue weighted by molar-refractivity contribution is 0.300. The van der Waals surface area contributed by atoms with Crippen molar-refractivity contribution in [1.29, 1.82) is 0 Å². The first kappa shape index (κ1) is 27.4. The molecule has 10 nitrogen and oxygen atoms in total. The summed E-state index contributed by atoms with van der Waals surface area (Å²) in [6, 6.07) is 22.7. The molecule has 0 radical (unpaired) electrons. The van der Waals surface area contributed by atoms with Gasteiger partial charge in [0.15, 0.2) is 0 Å². The molecule has 5 rings (SSSR count). The van der Waals surface area contributed by atoms with Crippen LogP contribution in [0.2, 0.25) is 5.02 Å². The van der Waals surface area contributed by atoms with E-state index in [1.54, 1.807) is 49.9 Å². The Balaban J connectivity index is 1.24. The second kappa shape index (κ2) is 13.3. The third kappa shape index (κ3) is 7.70. The van der Waals surface area contributed by atoms with Gasteiger partial charge < -0.3 is 24.5 Å². The zero-order valence-corrected chi connectivity index (χ0v) is 22.6. The maximum absolute atomic E-state index is 14.0. The number of benzene rings is 3. The molecule has 3 aromatic carbocycles. The van der Waals surface area contributed by atoms with E-state index in [1.807, 2.05) is 42.5 Å². The van der Waals surface area contributed by atoms with Crippen molar-refractivity contribution in [3.8, 4) is 11.5 Å². The highest BCUT2D eigenvalue weighted by Crippen LogP contribution is 2.22. The van der Waals surface area contributed by atoms with Gasteiger partial charge >= 0.3 is 0 Å². The van der Waals surface area contributed by atoms with Gasteiger partial charge in [-0.1, -0.05) is 17.7 Å². The average molecular weight is 574 g/mol. The molecule has 208 valence electrons. The third-order valence-corrected chi connectivity index (χ3v) is 6.04. The predicted octanol–water partition coefficient (Wildman–Crippen LogP) is 6.65. The molecule has 0 fully saturated rings. The fraction of sp³-hybridized carbons (Fsp3) is 0.103. The summed E-state index contributed by atoms with van der Waals surface area (Å²) >= 11 is 6.07. The first-order valence-electron chi connectivity index (χ1n) is 12.4. The average Bonchev–Trinajstić information content (AvgIpc) is 3.51. The summed E-state index contributed by atoms with van der Waals surface area (Å²) in [7, 11) is 1.61. The third-order valence-electron chi connectivity index (χ3n) is 5.69. The molecule has 41 heavy (non-hydrogen) atoms. The highest BCUT2D eigenvalue weighted by Gasteiger charge is 2.09. The Bertz CT molecular complexity index is 1580. The minimum Gasteiger partial charge on any atom is -0.497 e. The number of aromatic nitrogens is 3. The number of hydrazone groups is 1. The van der Waals surface area contributed by atoms with Crippen LogP contribution in [0.5, 0.6) is 11.5 Å². The number of ether oxygens (including phenoxy) is 2. The van der Waals surface area contributed by atoms with Crippen LogP contribution in [0.25, 0.3) is 0 Å². The Morgan fingerprint density at radius 2 is 1.66 bits per heavy atom. The lowest BCUT2D eigenvalue weighted by Crippen LogP contribution is -2.09. The molecule has 0 aliphatic carbocycles. The van der Waals surface area contributed by atoms with E-state index in [9.17, 15) is 4.39 Å². The van der Waals surface area contributed by atoms with E-state index in [0.29, 0.717) is 34.8 Å². The molecule has 0 unspecified atom stereocenters. The molecular formula is C29H25ClFN7O3. The first-order chi connectivity index (χ1) is 20.1. The normalized spacial score (nSPS) is 10.9. The Morgan fingerprint density at radius 1 is 0.902 bits per heavy atom. The van der Waals surface area contributed by atoms with Gasteiger partial charge in [-0.25, -0.2) is 9.82 Å². The molecule has 0 aliphatic heterocycles. The number of hydrogen-bond acceptors (Lipinski definition) is 10. The van der Waals surface area contributed by atoms with E-state index in [1.165, 1.54) is 6.07 Å². The van der Waals surface area contributed by atoms with Gasteiger partial charge in [0.25, 0.3) is 0 Å². The number of rotatable bonds is 12. The number of furan rings is 1. The van der Waals surface area contributed by atoms with Crippen molar-refractivity contribution >= 4 is 41.3 Å². The lowest BCUT2D eigenvalue weighted by Gasteiger charge is -2.10. The highest BCUT2D eigenvalue weighted by molar-refractivity contribution is 6.31. The van der Waals surface area contributed by atoms with E-state index in [2.05, 4.69) is 36.1 Å². The molecule has 0 amide bonds. The van der Waals surface area contributed by atoms with E-state index in [0.717, 1.165) is 22.8 Å². The van der Waals surface area contributed by atoms with Crippen LogP contribution in [-0.2, 0) is 13.2 Å². The number of methoxy groups -OCH3 is 1. The monoisotopic (exact) mass is 573 g/mol. The summed E-state index contributed by atoms with van der Waals surface area (Å²) in [5, 5.41) is 10.9. The van der Waals surface area contributed by atoms with Gasteiger partial charge in [-0.2, -0.15) is 20.1 Å². The van der Waals surface area contributed by atoms with Crippen LogP contribution in [0, 0.1) is 5.82 Å². The van der Waals surface area contributed by atoms with Crippen LogP contribution in [0.4, 0.5) is 27.9 Å². The Morgan fingerprint density at radius 3 is 2.39 bits per heavy atom. The van der Waals surface area contributed by atoms with Gasteiger partial charge in [0.05, 0.1) is 31.2 Å². The van der Waals surface area contributed by atoms with Crippen LogP contribution < -0.4 is 25.5 Å². The SMILES string of the molecule is COc1ccc(Nc2nc(NCc3ccco3)nc(NN=Cc3ccc(OCc4c(F)cccc4Cl)cc3)n2)cc1. The number of anilines is 4. The van der Waals surface area contributed by atoms with Gasteiger partial charge in [0, 0.05) is 11.3 Å². The largest absolute Gasteiger partial charge is 0.497 e. The van der Waals surface area contributed by atoms with E-state index >= 15 is 0 Å². The molecular weight excluding hydrogens is 549 g/mol. The van der Waals surface area contributed by atoms with Crippen molar-refractivity contribution in [3.63, 3.8) is 0 Å². The highest BCUT2D eigenvalue weighted by atomic mass is 35.5. The van der Waals surface area contributed by atoms with Crippen molar-refractivity contribution in [2.45, 2.75) is 13.2 Å². The molecule has 0 spiro atoms. The summed E-state index contributed by atoms with van der Waals surface area (Å²) in [4.78, 5) is 13.2. The van der Waals surface area contributed by atoms with Crippen molar-refractivity contribution in [3.05, 3.63) is 113 Å². The predicted molar refractivity (Wildman–Crippen MR) is 156 cm³/mol. The van der Waals surface area contributed by atoms with Crippen molar-refractivity contribution in [1.82, 2.24) is 15.0 Å². The topological polar surface area (TPSA) is 119 Å². The number of nitrogens with one attached hydrogen (secondary N) is 3. The summed E-state index contributed by atoms with van der Waals surface area (Å²) < 4.78 is 30.2. The number of nitrogens with zero attached hydrogens (tertiary/aromatic N) is 4. The van der Waals surface area contributed by atoms with Crippen molar-refractivity contribution < 1.29 is 18.3 Å². The standard InChI is InChI=1S/C29H25ClFN7O3/c1-39-21-13-9-20(10-14-21)34-28-35-27(32-17-23-4-3-15-40-23)36-29(37-28)38-33-16-19-7-11-22(12-8-19)41-18-24-25(30)5-2-6-26(24)31/h2-16H,17-18H2,1H3,(H3,32,34,35,36,37,38). The summed E-state index contributed by atoms with van der Waals surface area (Å²) in [5.74, 6) is 2.46. The van der Waals surface area contributed by atoms with Crippen LogP contribution >= 0.6 is 11.6 Å². The van der Waals surface area contributed by atoms with Gasteiger partial charge in [-0.3, -0.25) is 0 Å². The quantitative estimate of drug-likeness (QED) is 0.111. The van der Waals surface area contributed by atoms with Gasteiger partial charge in [0.2, 0.25) is 17.8 Å². The smallest absolute Gasteiger partial charge is 0.250 e. The Kier molecular flexibility index (Phi) is 8.87. The zero-order valence-electron chi connectivity index (χ0n) is 21.8. The molecule has 0 atom stereocenters. The van der Waals surface area contributed by atoms with E-state index < -0.39 is 5.82 Å². The second-order valence-electron chi connectivity index (χ2n) is 8.52. The molecule has 0 aliphatic rings. The van der Waals surface area contributed by atoms with Crippen LogP contribution in [0.3, 0.4) is 0 Å². The van der Waals surface area contributed by atoms with Crippen molar-refractivity contribution in [2.75, 3.05) is 23.2 Å². The van der Waals surface area contributed by atoms with Gasteiger partial charge in [-0.15, -0.1) is 0 Å². The van der Waals surface area contributed by atoms with Crippen LogP contribution in [-0.4, -0.2) is 28.3 Å². The summed E-state index contributed by atoms with van der Waals surface area (Å²) in [5.41, 5.74) is 4.70. The van der Waals surface area contributed by atoms with E-state index in [4.69, 9.17) is 25.5 Å². The molecule has 12 heteroatoms. The zero-order chi connectivity index (χ0) is 28.4. The second-order valence-corrected chi connectivity index (χ2v) is 8.93. The molecule has 0 saturated carbocycles. The molecule has 5 aromatic rings. The lowest BCUT2D eigenvalue weighted by atomic mass is 10.2. The molecule has 0 saturated heterocycles. The maximum atomic E-state index is 14.0. The molecule has 3 N–H and O–H groups in total. The summed E-state index contributed by atoms with van der Waals surface area (Å²) in [6.45, 7) is 0.405.